The fourth-order valence-corrected chi connectivity index (χ4v) is 3.12. The van der Waals surface area contributed by atoms with Gasteiger partial charge in [0, 0.05) is 23.6 Å². The fraction of sp³-hybridized carbons (Fsp3) is 0.286. The summed E-state index contributed by atoms with van der Waals surface area (Å²) in [7, 11) is 0. The highest BCUT2D eigenvalue weighted by Crippen LogP contribution is 2.31. The molecule has 1 aliphatic carbocycles. The van der Waals surface area contributed by atoms with E-state index in [1.807, 2.05) is 0 Å². The first kappa shape index (κ1) is 23.1. The highest BCUT2D eigenvalue weighted by Gasteiger charge is 2.31. The van der Waals surface area contributed by atoms with Gasteiger partial charge in [0.25, 0.3) is 0 Å². The Morgan fingerprint density at radius 2 is 1.97 bits per heavy atom. The Balaban J connectivity index is 1.84. The highest BCUT2D eigenvalue weighted by molar-refractivity contribution is 6.10. The van der Waals surface area contributed by atoms with Gasteiger partial charge in [0.15, 0.2) is 0 Å². The monoisotopic (exact) mass is 449 g/mol. The largest absolute Gasteiger partial charge is 0.573 e. The molecular formula is C21H22F3N5O3. The molecule has 0 spiro atoms. The molecule has 1 amide bonds. The molecule has 11 heteroatoms. The number of anilines is 3. The number of nitrogens with zero attached hydrogens (tertiary/aromatic N) is 1. The van der Waals surface area contributed by atoms with Crippen LogP contribution in [0.5, 0.6) is 5.75 Å². The number of carbonyl (C=O) groups is 1. The fourth-order valence-electron chi connectivity index (χ4n) is 3.12. The third-order valence-corrected chi connectivity index (χ3v) is 4.70. The minimum absolute atomic E-state index is 0.0216. The topological polar surface area (TPSA) is 119 Å². The third-order valence-electron chi connectivity index (χ3n) is 4.70. The molecule has 1 saturated carbocycles. The summed E-state index contributed by atoms with van der Waals surface area (Å²) in [6, 6.07) is 6.78. The predicted octanol–water partition coefficient (Wildman–Crippen LogP) is 3.33. The summed E-state index contributed by atoms with van der Waals surface area (Å²) in [5, 5.41) is 26.8. The molecule has 0 unspecified atom stereocenters. The van der Waals surface area contributed by atoms with Gasteiger partial charge < -0.3 is 31.2 Å². The number of pyridine rings is 1. The van der Waals surface area contributed by atoms with Gasteiger partial charge in [-0.05, 0) is 49.2 Å². The van der Waals surface area contributed by atoms with Crippen molar-refractivity contribution in [1.29, 1.82) is 5.41 Å². The van der Waals surface area contributed by atoms with Crippen molar-refractivity contribution in [3.8, 4) is 5.75 Å². The van der Waals surface area contributed by atoms with Crippen LogP contribution in [0.4, 0.5) is 30.4 Å². The summed E-state index contributed by atoms with van der Waals surface area (Å²) >= 11 is 0. The van der Waals surface area contributed by atoms with Crippen LogP contribution in [-0.4, -0.2) is 46.8 Å². The van der Waals surface area contributed by atoms with Gasteiger partial charge in [-0.3, -0.25) is 4.79 Å². The lowest BCUT2D eigenvalue weighted by Crippen LogP contribution is -2.39. The van der Waals surface area contributed by atoms with Crippen LogP contribution < -0.4 is 20.7 Å². The number of aliphatic hydroxyl groups excluding tert-OH is 1. The summed E-state index contributed by atoms with van der Waals surface area (Å²) in [5.41, 5.74) is 1.44. The maximum Gasteiger partial charge on any atom is 0.573 e. The van der Waals surface area contributed by atoms with Crippen LogP contribution in [-0.2, 0) is 4.79 Å². The Hall–Kier alpha value is -3.60. The molecule has 1 fully saturated rings. The second-order valence-electron chi connectivity index (χ2n) is 7.15. The summed E-state index contributed by atoms with van der Waals surface area (Å²) in [5.74, 6) is -0.530. The summed E-state index contributed by atoms with van der Waals surface area (Å²) in [4.78, 5) is 15.8. The number of nitrogens with one attached hydrogen (secondary N) is 4. The standard InChI is InChI=1S/C21H22F3N5O3/c1-2-18(31)27-11-16(25)19-17(28-13-9-14(30)10-13)7-8-26-20(19)29-12-3-5-15(6-4-12)32-21(22,23)24/h2-8,13-14,25,30H,1,9-11H2,(H,27,31)(H2,26,28,29). The molecule has 8 nitrogen and oxygen atoms in total. The maximum absolute atomic E-state index is 12.4. The van der Waals surface area contributed by atoms with Crippen molar-refractivity contribution in [2.45, 2.75) is 31.3 Å². The first-order valence-corrected chi connectivity index (χ1v) is 9.69. The van der Waals surface area contributed by atoms with Crippen LogP contribution in [0.15, 0.2) is 49.2 Å². The molecule has 2 aromatic rings. The van der Waals surface area contributed by atoms with Gasteiger partial charge in [0.05, 0.1) is 23.9 Å². The average Bonchev–Trinajstić information content (AvgIpc) is 2.71. The first-order valence-electron chi connectivity index (χ1n) is 9.69. The molecule has 0 atom stereocenters. The lowest BCUT2D eigenvalue weighted by molar-refractivity contribution is -0.274. The zero-order valence-electron chi connectivity index (χ0n) is 16.9. The number of rotatable bonds is 9. The Morgan fingerprint density at radius 1 is 1.28 bits per heavy atom. The summed E-state index contributed by atoms with van der Waals surface area (Å²) in [6.45, 7) is 3.28. The zero-order valence-corrected chi connectivity index (χ0v) is 16.9. The minimum atomic E-state index is -4.79. The SMILES string of the molecule is C=CC(=O)NCC(=N)c1c(NC2CC(O)C2)ccnc1Nc1ccc(OC(F)(F)F)cc1. The summed E-state index contributed by atoms with van der Waals surface area (Å²) < 4.78 is 41.0. The van der Waals surface area contributed by atoms with Crippen LogP contribution in [0, 0.1) is 5.41 Å². The molecule has 1 aromatic heterocycles. The maximum atomic E-state index is 12.4. The van der Waals surface area contributed by atoms with Crippen molar-refractivity contribution in [2.24, 2.45) is 0 Å². The molecule has 1 aliphatic rings. The van der Waals surface area contributed by atoms with E-state index in [0.29, 0.717) is 29.8 Å². The van der Waals surface area contributed by atoms with Gasteiger partial charge in [0.1, 0.15) is 11.6 Å². The van der Waals surface area contributed by atoms with Crippen molar-refractivity contribution in [3.05, 3.63) is 54.7 Å². The van der Waals surface area contributed by atoms with Gasteiger partial charge in [-0.15, -0.1) is 13.2 Å². The Morgan fingerprint density at radius 3 is 2.56 bits per heavy atom. The van der Waals surface area contributed by atoms with E-state index < -0.39 is 12.3 Å². The molecule has 3 rings (SSSR count). The van der Waals surface area contributed by atoms with Crippen molar-refractivity contribution < 1.29 is 27.8 Å². The molecule has 32 heavy (non-hydrogen) atoms. The molecule has 170 valence electrons. The number of hydrogen-bond donors (Lipinski definition) is 5. The van der Waals surface area contributed by atoms with Crippen molar-refractivity contribution in [3.63, 3.8) is 0 Å². The van der Waals surface area contributed by atoms with E-state index in [-0.39, 0.29) is 36.0 Å². The number of aromatic nitrogens is 1. The Kier molecular flexibility index (Phi) is 6.98. The van der Waals surface area contributed by atoms with Gasteiger partial charge in [-0.2, -0.15) is 0 Å². The number of halogens is 3. The molecule has 0 bridgehead atoms. The minimum Gasteiger partial charge on any atom is -0.406 e. The second kappa shape index (κ2) is 9.69. The van der Waals surface area contributed by atoms with E-state index in [1.54, 1.807) is 6.07 Å². The number of aliphatic hydroxyl groups is 1. The Bertz CT molecular complexity index is 989. The van der Waals surface area contributed by atoms with Crippen LogP contribution >= 0.6 is 0 Å². The van der Waals surface area contributed by atoms with Crippen LogP contribution in [0.3, 0.4) is 0 Å². The van der Waals surface area contributed by atoms with E-state index in [0.717, 1.165) is 18.2 Å². The first-order chi connectivity index (χ1) is 15.1. The number of hydrogen-bond acceptors (Lipinski definition) is 7. The van der Waals surface area contributed by atoms with Crippen LogP contribution in [0.1, 0.15) is 18.4 Å². The Labute approximate surface area is 182 Å². The predicted molar refractivity (Wildman–Crippen MR) is 113 cm³/mol. The number of amides is 1. The molecule has 0 saturated heterocycles. The smallest absolute Gasteiger partial charge is 0.406 e. The highest BCUT2D eigenvalue weighted by atomic mass is 19.4. The van der Waals surface area contributed by atoms with Gasteiger partial charge in [-0.1, -0.05) is 6.58 Å². The van der Waals surface area contributed by atoms with Crippen molar-refractivity contribution in [1.82, 2.24) is 10.3 Å². The molecule has 1 heterocycles. The molecule has 1 aromatic carbocycles. The zero-order chi connectivity index (χ0) is 23.3. The normalized spacial score (nSPS) is 17.6. The molecule has 0 aliphatic heterocycles. The number of alkyl halides is 3. The summed E-state index contributed by atoms with van der Waals surface area (Å²) in [6.07, 6.45) is -1.43. The van der Waals surface area contributed by atoms with Crippen LogP contribution in [0.25, 0.3) is 0 Å². The van der Waals surface area contributed by atoms with Crippen molar-refractivity contribution in [2.75, 3.05) is 17.2 Å². The number of benzene rings is 1. The number of carbonyl (C=O) groups excluding carboxylic acids is 1. The lowest BCUT2D eigenvalue weighted by Gasteiger charge is -2.33. The lowest BCUT2D eigenvalue weighted by atomic mass is 9.89. The molecule has 5 N–H and O–H groups in total. The van der Waals surface area contributed by atoms with Crippen molar-refractivity contribution >= 4 is 28.8 Å². The van der Waals surface area contributed by atoms with E-state index in [9.17, 15) is 23.1 Å². The van der Waals surface area contributed by atoms with E-state index in [1.165, 1.54) is 18.3 Å². The van der Waals surface area contributed by atoms with Gasteiger partial charge in [0.2, 0.25) is 5.91 Å². The molecule has 0 radical (unpaired) electrons. The number of ether oxygens (including phenoxy) is 1. The van der Waals surface area contributed by atoms with Gasteiger partial charge >= 0.3 is 6.36 Å². The van der Waals surface area contributed by atoms with E-state index >= 15 is 0 Å². The average molecular weight is 449 g/mol. The molecular weight excluding hydrogens is 427 g/mol. The van der Waals surface area contributed by atoms with E-state index in [2.05, 4.69) is 32.3 Å². The van der Waals surface area contributed by atoms with Gasteiger partial charge in [-0.25, -0.2) is 4.98 Å². The second-order valence-corrected chi connectivity index (χ2v) is 7.15. The van der Waals surface area contributed by atoms with E-state index in [4.69, 9.17) is 5.41 Å². The third kappa shape index (κ3) is 6.20. The quantitative estimate of drug-likeness (QED) is 0.296. The van der Waals surface area contributed by atoms with Crippen LogP contribution in [0.2, 0.25) is 0 Å².